The van der Waals surface area contributed by atoms with Gasteiger partial charge in [-0.15, -0.1) is 0 Å². The Balaban J connectivity index is 1.18. The van der Waals surface area contributed by atoms with E-state index in [0.717, 1.165) is 29.7 Å². The molecule has 9 nitrogen and oxygen atoms in total. The zero-order chi connectivity index (χ0) is 29.9. The molecule has 3 saturated heterocycles. The van der Waals surface area contributed by atoms with Crippen molar-refractivity contribution in [1.82, 2.24) is 10.2 Å². The first-order valence-corrected chi connectivity index (χ1v) is 15.6. The summed E-state index contributed by atoms with van der Waals surface area (Å²) in [5, 5.41) is 43.9. The van der Waals surface area contributed by atoms with Crippen LogP contribution in [-0.4, -0.2) is 108 Å². The molecular formula is C33H49N3O6. The number of hydrogen-bond donors (Lipinski definition) is 5. The van der Waals surface area contributed by atoms with E-state index >= 15 is 0 Å². The van der Waals surface area contributed by atoms with Gasteiger partial charge in [0.25, 0.3) is 0 Å². The Labute approximate surface area is 249 Å². The Morgan fingerprint density at radius 1 is 1.14 bits per heavy atom. The van der Waals surface area contributed by atoms with Crippen LogP contribution in [0.4, 0.5) is 0 Å². The fourth-order valence-electron chi connectivity index (χ4n) is 6.75. The molecule has 3 fully saturated rings. The second kappa shape index (κ2) is 13.7. The van der Waals surface area contributed by atoms with Gasteiger partial charge in [-0.3, -0.25) is 0 Å². The average molecular weight is 584 g/mol. The minimum Gasteiger partial charge on any atom is -0.445 e. The van der Waals surface area contributed by atoms with Crippen molar-refractivity contribution in [2.24, 2.45) is 16.3 Å². The van der Waals surface area contributed by atoms with E-state index in [4.69, 9.17) is 9.47 Å². The predicted octanol–water partition coefficient (Wildman–Crippen LogP) is 2.20. The summed E-state index contributed by atoms with van der Waals surface area (Å²) in [5.41, 5.74) is 6.20. The Bertz CT molecular complexity index is 1160. The first-order valence-electron chi connectivity index (χ1n) is 15.6. The monoisotopic (exact) mass is 583 g/mol. The first-order chi connectivity index (χ1) is 20.2. The van der Waals surface area contributed by atoms with Crippen molar-refractivity contribution in [1.29, 1.82) is 0 Å². The summed E-state index contributed by atoms with van der Waals surface area (Å²) >= 11 is 0. The molecule has 1 aromatic rings. The molecule has 0 unspecified atom stereocenters. The van der Waals surface area contributed by atoms with Crippen LogP contribution in [0.2, 0.25) is 0 Å². The van der Waals surface area contributed by atoms with Gasteiger partial charge in [0.15, 0.2) is 0 Å². The van der Waals surface area contributed by atoms with E-state index in [1.807, 2.05) is 0 Å². The molecule has 5 rings (SSSR count). The van der Waals surface area contributed by atoms with Gasteiger partial charge in [-0.1, -0.05) is 44.2 Å². The quantitative estimate of drug-likeness (QED) is 0.300. The van der Waals surface area contributed by atoms with Crippen LogP contribution in [0.15, 0.2) is 40.4 Å². The molecule has 0 aliphatic carbocycles. The molecule has 0 aromatic heterocycles. The molecule has 5 atom stereocenters. The fraction of sp³-hybridized carbons (Fsp3) is 0.667. The average Bonchev–Trinajstić information content (AvgIpc) is 3.61. The van der Waals surface area contributed by atoms with E-state index in [2.05, 4.69) is 66.3 Å². The summed E-state index contributed by atoms with van der Waals surface area (Å²) in [6, 6.07) is 6.52. The zero-order valence-electron chi connectivity index (χ0n) is 25.3. The Morgan fingerprint density at radius 3 is 2.60 bits per heavy atom. The second-order valence-electron chi connectivity index (χ2n) is 12.9. The number of ether oxygens (including phenoxy) is 2. The van der Waals surface area contributed by atoms with Gasteiger partial charge in [-0.2, -0.15) is 0 Å². The SMILES string of the molecule is Cc1cc(/C=C/CCN2CCC3(CCNC3)CC2)ccc1CC1=C(C(C)C)CN=C1O[C@@H]1O[C@H](CO)[C@@H](O)[C@H](O)[C@H]1O. The van der Waals surface area contributed by atoms with Crippen LogP contribution in [0.25, 0.3) is 6.08 Å². The number of aliphatic hydroxyl groups excluding tert-OH is 4. The molecule has 4 heterocycles. The van der Waals surface area contributed by atoms with E-state index in [1.165, 1.54) is 56.6 Å². The maximum atomic E-state index is 10.5. The molecule has 42 heavy (non-hydrogen) atoms. The van der Waals surface area contributed by atoms with Crippen molar-refractivity contribution in [2.45, 2.75) is 83.6 Å². The maximum Gasteiger partial charge on any atom is 0.231 e. The van der Waals surface area contributed by atoms with Crippen LogP contribution in [-0.2, 0) is 15.9 Å². The summed E-state index contributed by atoms with van der Waals surface area (Å²) < 4.78 is 11.6. The number of nitrogens with one attached hydrogen (secondary N) is 1. The van der Waals surface area contributed by atoms with Gasteiger partial charge in [0, 0.05) is 25.1 Å². The number of piperidine rings is 1. The third-order valence-electron chi connectivity index (χ3n) is 9.72. The summed E-state index contributed by atoms with van der Waals surface area (Å²) in [4.78, 5) is 7.21. The van der Waals surface area contributed by atoms with Gasteiger partial charge in [-0.25, -0.2) is 4.99 Å². The zero-order valence-corrected chi connectivity index (χ0v) is 25.3. The molecule has 9 heteroatoms. The number of aliphatic hydroxyl groups is 4. The lowest BCUT2D eigenvalue weighted by Crippen LogP contribution is -2.59. The molecule has 232 valence electrons. The molecule has 0 bridgehead atoms. The van der Waals surface area contributed by atoms with Gasteiger partial charge >= 0.3 is 0 Å². The van der Waals surface area contributed by atoms with E-state index in [1.54, 1.807) is 0 Å². The largest absolute Gasteiger partial charge is 0.445 e. The van der Waals surface area contributed by atoms with Gasteiger partial charge in [0.05, 0.1) is 13.2 Å². The molecule has 4 aliphatic rings. The standard InChI is InChI=1S/C33H49N3O6/c1-21(2)26-18-35-31(42-32-30(40)29(39)28(38)27(19-37)41-32)25(26)17-24-8-7-23(16-22(24)3)6-4-5-13-36-14-10-33(11-15-36)9-12-34-20-33/h4,6-8,16,21,27-30,32,34,37-40H,5,9-15,17-20H2,1-3H3/b6-4+/t27-,28-,29+,30-,32+/m1/s1. The predicted molar refractivity (Wildman–Crippen MR) is 163 cm³/mol. The van der Waals surface area contributed by atoms with Crippen molar-refractivity contribution >= 4 is 12.0 Å². The van der Waals surface area contributed by atoms with Gasteiger partial charge in [0.2, 0.25) is 12.2 Å². The minimum absolute atomic E-state index is 0.252. The highest BCUT2D eigenvalue weighted by Crippen LogP contribution is 2.37. The third kappa shape index (κ3) is 6.99. The minimum atomic E-state index is -1.50. The molecule has 1 spiro atoms. The smallest absolute Gasteiger partial charge is 0.231 e. The lowest BCUT2D eigenvalue weighted by molar-refractivity contribution is -0.281. The summed E-state index contributed by atoms with van der Waals surface area (Å²) in [6.07, 6.45) is 3.46. The number of aryl methyl sites for hydroxylation is 1. The van der Waals surface area contributed by atoms with E-state index in [9.17, 15) is 20.4 Å². The Kier molecular flexibility index (Phi) is 10.2. The van der Waals surface area contributed by atoms with Crippen molar-refractivity contribution in [3.05, 3.63) is 52.1 Å². The second-order valence-corrected chi connectivity index (χ2v) is 12.9. The van der Waals surface area contributed by atoms with Crippen LogP contribution in [0.1, 0.15) is 56.2 Å². The van der Waals surface area contributed by atoms with Crippen LogP contribution in [0, 0.1) is 18.3 Å². The fourth-order valence-corrected chi connectivity index (χ4v) is 6.75. The molecule has 0 radical (unpaired) electrons. The normalized spacial score (nSPS) is 30.2. The Hall–Kier alpha value is -2.11. The highest BCUT2D eigenvalue weighted by Gasteiger charge is 2.45. The van der Waals surface area contributed by atoms with Crippen molar-refractivity contribution in [2.75, 3.05) is 45.9 Å². The van der Waals surface area contributed by atoms with Crippen LogP contribution in [0.5, 0.6) is 0 Å². The molecule has 0 amide bonds. The van der Waals surface area contributed by atoms with Crippen molar-refractivity contribution < 1.29 is 29.9 Å². The number of aliphatic imine (C=N–C) groups is 1. The molecule has 4 aliphatic heterocycles. The van der Waals surface area contributed by atoms with Crippen LogP contribution in [0.3, 0.4) is 0 Å². The van der Waals surface area contributed by atoms with E-state index in [-0.39, 0.29) is 5.92 Å². The van der Waals surface area contributed by atoms with E-state index < -0.39 is 37.3 Å². The lowest BCUT2D eigenvalue weighted by atomic mass is 9.78. The number of rotatable bonds is 9. The summed E-state index contributed by atoms with van der Waals surface area (Å²) in [5.74, 6) is 0.627. The van der Waals surface area contributed by atoms with Crippen molar-refractivity contribution in [3.8, 4) is 0 Å². The lowest BCUT2D eigenvalue weighted by Gasteiger charge is -2.39. The number of nitrogens with zero attached hydrogens (tertiary/aromatic N) is 2. The molecular weight excluding hydrogens is 534 g/mol. The molecule has 0 saturated carbocycles. The number of benzene rings is 1. The number of likely N-dealkylation sites (tertiary alicyclic amines) is 1. The Morgan fingerprint density at radius 2 is 1.93 bits per heavy atom. The van der Waals surface area contributed by atoms with Gasteiger partial charge < -0.3 is 40.1 Å². The van der Waals surface area contributed by atoms with Crippen LogP contribution < -0.4 is 5.32 Å². The third-order valence-corrected chi connectivity index (χ3v) is 9.72. The summed E-state index contributed by atoms with van der Waals surface area (Å²) in [6.45, 7) is 12.3. The molecule has 5 N–H and O–H groups in total. The highest BCUT2D eigenvalue weighted by molar-refractivity contribution is 5.97. The van der Waals surface area contributed by atoms with Crippen molar-refractivity contribution in [3.63, 3.8) is 0 Å². The van der Waals surface area contributed by atoms with E-state index in [0.29, 0.717) is 24.3 Å². The maximum absolute atomic E-state index is 10.5. The number of hydrogen-bond acceptors (Lipinski definition) is 9. The topological polar surface area (TPSA) is 127 Å². The van der Waals surface area contributed by atoms with Gasteiger partial charge in [-0.05, 0) is 85.8 Å². The van der Waals surface area contributed by atoms with Gasteiger partial charge in [0.1, 0.15) is 24.4 Å². The molecule has 1 aromatic carbocycles. The summed E-state index contributed by atoms with van der Waals surface area (Å²) in [7, 11) is 0. The first kappa shape index (κ1) is 31.3. The highest BCUT2D eigenvalue weighted by atomic mass is 16.7. The van der Waals surface area contributed by atoms with Crippen LogP contribution >= 0.6 is 0 Å².